The number of halogens is 1. The minimum Gasteiger partial charge on any atom is -0.379 e. The van der Waals surface area contributed by atoms with Crippen molar-refractivity contribution in [3.63, 3.8) is 0 Å². The zero-order chi connectivity index (χ0) is 18.0. The number of hydrogen-bond donors (Lipinski definition) is 2. The summed E-state index contributed by atoms with van der Waals surface area (Å²) in [5.74, 6) is 0.528. The van der Waals surface area contributed by atoms with Crippen molar-refractivity contribution in [2.24, 2.45) is 10.7 Å². The lowest BCUT2D eigenvalue weighted by Gasteiger charge is -2.26. The molecule has 148 valence electrons. The van der Waals surface area contributed by atoms with E-state index in [0.29, 0.717) is 5.96 Å². The lowest BCUT2D eigenvalue weighted by molar-refractivity contribution is 0.0377. The summed E-state index contributed by atoms with van der Waals surface area (Å²) in [4.78, 5) is 6.81. The number of nitrogens with zero attached hydrogens (tertiary/aromatic N) is 4. The lowest BCUT2D eigenvalue weighted by Crippen LogP contribution is -2.37. The molecule has 7 nitrogen and oxygen atoms in total. The van der Waals surface area contributed by atoms with Gasteiger partial charge in [-0.15, -0.1) is 24.0 Å². The van der Waals surface area contributed by atoms with Crippen LogP contribution in [0.1, 0.15) is 12.0 Å². The summed E-state index contributed by atoms with van der Waals surface area (Å²) in [5.41, 5.74) is 8.26. The highest BCUT2D eigenvalue weighted by Crippen LogP contribution is 2.08. The van der Waals surface area contributed by atoms with Gasteiger partial charge in [0.05, 0.1) is 18.9 Å². The molecule has 1 fully saturated rings. The first-order valence-corrected chi connectivity index (χ1v) is 9.24. The number of benzene rings is 1. The molecule has 1 saturated heterocycles. The maximum absolute atomic E-state index is 5.94. The minimum absolute atomic E-state index is 0. The molecule has 2 heterocycles. The second-order valence-electron chi connectivity index (χ2n) is 6.37. The Bertz CT molecular complexity index is 668. The number of guanidine groups is 1. The number of hydrogen-bond acceptors (Lipinski definition) is 4. The Balaban J connectivity index is 0.00000261. The molecule has 27 heavy (non-hydrogen) atoms. The molecule has 0 aliphatic carbocycles. The van der Waals surface area contributed by atoms with Crippen LogP contribution in [0.5, 0.6) is 0 Å². The highest BCUT2D eigenvalue weighted by Gasteiger charge is 2.08. The Kier molecular flexibility index (Phi) is 9.57. The summed E-state index contributed by atoms with van der Waals surface area (Å²) in [6.07, 6.45) is 5.65. The molecule has 0 radical (unpaired) electrons. The number of aliphatic imine (C=N–C) groups is 1. The van der Waals surface area contributed by atoms with E-state index < -0.39 is 0 Å². The zero-order valence-corrected chi connectivity index (χ0v) is 17.9. The van der Waals surface area contributed by atoms with Crippen LogP contribution >= 0.6 is 24.0 Å². The van der Waals surface area contributed by atoms with E-state index >= 15 is 0 Å². The fraction of sp³-hybridized carbons (Fsp3) is 0.474. The number of ether oxygens (including phenoxy) is 1. The molecule has 0 bridgehead atoms. The van der Waals surface area contributed by atoms with Crippen molar-refractivity contribution in [1.82, 2.24) is 20.0 Å². The molecule has 3 rings (SSSR count). The summed E-state index contributed by atoms with van der Waals surface area (Å²) < 4.78 is 7.20. The normalized spacial score (nSPS) is 15.3. The van der Waals surface area contributed by atoms with Crippen molar-refractivity contribution in [2.45, 2.75) is 12.8 Å². The fourth-order valence-electron chi connectivity index (χ4n) is 2.95. The first kappa shape index (κ1) is 21.6. The summed E-state index contributed by atoms with van der Waals surface area (Å²) in [6, 6.07) is 10.3. The first-order valence-electron chi connectivity index (χ1n) is 9.24. The predicted octanol–water partition coefficient (Wildman–Crippen LogP) is 1.66. The zero-order valence-electron chi connectivity index (χ0n) is 15.6. The molecule has 2 aromatic rings. The van der Waals surface area contributed by atoms with E-state index in [9.17, 15) is 0 Å². The Labute approximate surface area is 178 Å². The molecule has 8 heteroatoms. The van der Waals surface area contributed by atoms with Gasteiger partial charge in [-0.2, -0.15) is 5.10 Å². The van der Waals surface area contributed by atoms with Crippen molar-refractivity contribution in [3.8, 4) is 5.69 Å². The van der Waals surface area contributed by atoms with Crippen LogP contribution < -0.4 is 11.1 Å². The number of aromatic nitrogens is 2. The topological polar surface area (TPSA) is 80.7 Å². The van der Waals surface area contributed by atoms with Crippen molar-refractivity contribution in [3.05, 3.63) is 48.3 Å². The first-order chi connectivity index (χ1) is 12.8. The Hall–Kier alpha value is -1.65. The summed E-state index contributed by atoms with van der Waals surface area (Å²) >= 11 is 0. The molecule has 3 N–H and O–H groups in total. The fourth-order valence-corrected chi connectivity index (χ4v) is 2.95. The van der Waals surface area contributed by atoms with Crippen LogP contribution in [-0.2, 0) is 11.2 Å². The molecule has 1 aliphatic heterocycles. The number of nitrogens with one attached hydrogen (secondary N) is 1. The molecule has 0 unspecified atom stereocenters. The van der Waals surface area contributed by atoms with Gasteiger partial charge in [0.15, 0.2) is 5.96 Å². The molecule has 0 saturated carbocycles. The average Bonchev–Trinajstić information content (AvgIpc) is 3.21. The van der Waals surface area contributed by atoms with Crippen molar-refractivity contribution in [2.75, 3.05) is 45.9 Å². The van der Waals surface area contributed by atoms with Crippen LogP contribution in [0.4, 0.5) is 0 Å². The van der Waals surface area contributed by atoms with Crippen LogP contribution in [-0.4, -0.2) is 66.6 Å². The van der Waals surface area contributed by atoms with E-state index in [0.717, 1.165) is 64.5 Å². The van der Waals surface area contributed by atoms with Crippen LogP contribution in [0.25, 0.3) is 5.69 Å². The summed E-state index contributed by atoms with van der Waals surface area (Å²) in [7, 11) is 0. The average molecular weight is 484 g/mol. The largest absolute Gasteiger partial charge is 0.379 e. The number of morpholine rings is 1. The van der Waals surface area contributed by atoms with E-state index in [4.69, 9.17) is 10.5 Å². The van der Waals surface area contributed by atoms with E-state index in [1.165, 1.54) is 5.56 Å². The third-order valence-electron chi connectivity index (χ3n) is 4.44. The highest BCUT2D eigenvalue weighted by atomic mass is 127. The van der Waals surface area contributed by atoms with E-state index in [2.05, 4.69) is 44.6 Å². The molecular weight excluding hydrogens is 455 g/mol. The smallest absolute Gasteiger partial charge is 0.188 e. The van der Waals surface area contributed by atoms with Gasteiger partial charge in [0.1, 0.15) is 0 Å². The lowest BCUT2D eigenvalue weighted by atomic mass is 10.1. The van der Waals surface area contributed by atoms with Gasteiger partial charge in [0.2, 0.25) is 0 Å². The maximum Gasteiger partial charge on any atom is 0.188 e. The van der Waals surface area contributed by atoms with Crippen LogP contribution in [0.2, 0.25) is 0 Å². The van der Waals surface area contributed by atoms with Crippen LogP contribution in [0, 0.1) is 0 Å². The van der Waals surface area contributed by atoms with Gasteiger partial charge in [-0.05, 0) is 36.6 Å². The van der Waals surface area contributed by atoms with E-state index in [-0.39, 0.29) is 24.0 Å². The van der Waals surface area contributed by atoms with Crippen molar-refractivity contribution >= 4 is 29.9 Å². The molecule has 1 aromatic heterocycles. The third-order valence-corrected chi connectivity index (χ3v) is 4.44. The number of nitrogens with two attached hydrogens (primary N) is 1. The number of rotatable bonds is 8. The van der Waals surface area contributed by atoms with E-state index in [1.54, 1.807) is 6.20 Å². The van der Waals surface area contributed by atoms with Gasteiger partial charge in [0.25, 0.3) is 0 Å². The Morgan fingerprint density at radius 1 is 1.22 bits per heavy atom. The maximum atomic E-state index is 5.94. The highest BCUT2D eigenvalue weighted by molar-refractivity contribution is 14.0. The Morgan fingerprint density at radius 3 is 2.70 bits per heavy atom. The van der Waals surface area contributed by atoms with Gasteiger partial charge in [0, 0.05) is 45.1 Å². The second-order valence-corrected chi connectivity index (χ2v) is 6.37. The van der Waals surface area contributed by atoms with Gasteiger partial charge >= 0.3 is 0 Å². The SMILES string of the molecule is I.NC(=NCCCN1CCOCC1)NCCc1ccc(-n2cccn2)cc1. The Morgan fingerprint density at radius 2 is 2.00 bits per heavy atom. The monoisotopic (exact) mass is 484 g/mol. The summed E-state index contributed by atoms with van der Waals surface area (Å²) in [6.45, 7) is 6.33. The molecule has 0 spiro atoms. The minimum atomic E-state index is 0. The molecule has 0 amide bonds. The van der Waals surface area contributed by atoms with Gasteiger partial charge in [-0.3, -0.25) is 9.89 Å². The molecule has 1 aromatic carbocycles. The van der Waals surface area contributed by atoms with Crippen molar-refractivity contribution in [1.29, 1.82) is 0 Å². The van der Waals surface area contributed by atoms with Crippen molar-refractivity contribution < 1.29 is 4.74 Å². The quantitative estimate of drug-likeness (QED) is 0.258. The van der Waals surface area contributed by atoms with Gasteiger partial charge < -0.3 is 15.8 Å². The summed E-state index contributed by atoms with van der Waals surface area (Å²) in [5, 5.41) is 7.42. The second kappa shape index (κ2) is 11.9. The standard InChI is InChI=1S/C19H28N6O.HI/c20-19(21-8-1-11-24-13-15-26-16-14-24)22-10-7-17-3-5-18(6-4-17)25-12-2-9-23-25;/h2-6,9,12H,1,7-8,10-11,13-16H2,(H3,20,21,22);1H. The van der Waals surface area contributed by atoms with Crippen LogP contribution in [0.15, 0.2) is 47.7 Å². The van der Waals surface area contributed by atoms with Gasteiger partial charge in [-0.1, -0.05) is 12.1 Å². The van der Waals surface area contributed by atoms with E-state index in [1.807, 2.05) is 16.9 Å². The third kappa shape index (κ3) is 7.47. The van der Waals surface area contributed by atoms with Gasteiger partial charge in [-0.25, -0.2) is 4.68 Å². The predicted molar refractivity (Wildman–Crippen MR) is 119 cm³/mol. The molecular formula is C19H29IN6O. The van der Waals surface area contributed by atoms with Crippen LogP contribution in [0.3, 0.4) is 0 Å². The molecule has 1 aliphatic rings. The molecule has 0 atom stereocenters.